The quantitative estimate of drug-likeness (QED) is 0.356. The highest BCUT2D eigenvalue weighted by Gasteiger charge is 2.38. The molecule has 0 aromatic heterocycles. The lowest BCUT2D eigenvalue weighted by atomic mass is 10.4. The van der Waals surface area contributed by atoms with Crippen LogP contribution in [0.5, 0.6) is 0 Å². The normalized spacial score (nSPS) is 11.5. The first-order chi connectivity index (χ1) is 4.76. The largest absolute Gasteiger partial charge is 0.480 e. The number of carboxylic acid groups (broad SMARTS) is 2. The molecule has 0 saturated heterocycles. The highest BCUT2D eigenvalue weighted by molar-refractivity contribution is 7.88. The second kappa shape index (κ2) is 2.84. The molecule has 0 spiro atoms. The minimum atomic E-state index is -5.06. The van der Waals surface area contributed by atoms with Gasteiger partial charge >= 0.3 is 11.9 Å². The van der Waals surface area contributed by atoms with E-state index < -0.39 is 27.3 Å². The summed E-state index contributed by atoms with van der Waals surface area (Å²) in [5.74, 6) is -4.25. The molecule has 0 aliphatic heterocycles. The fourth-order valence-corrected chi connectivity index (χ4v) is 0.870. The fourth-order valence-electron chi connectivity index (χ4n) is 0.360. The molecule has 64 valence electrons. The number of carbonyl (C=O) groups is 2. The minimum Gasteiger partial charge on any atom is -0.480 e. The van der Waals surface area contributed by atoms with E-state index in [0.29, 0.717) is 0 Å². The zero-order chi connectivity index (χ0) is 9.23. The number of carboxylic acids is 2. The van der Waals surface area contributed by atoms with E-state index in [1.54, 1.807) is 0 Å². The Morgan fingerprint density at radius 1 is 1.09 bits per heavy atom. The van der Waals surface area contributed by atoms with Crippen molar-refractivity contribution in [1.82, 2.24) is 0 Å². The first kappa shape index (κ1) is 9.85. The molecular weight excluding hydrogens is 180 g/mol. The van der Waals surface area contributed by atoms with Crippen LogP contribution in [0.25, 0.3) is 0 Å². The van der Waals surface area contributed by atoms with Crippen LogP contribution < -0.4 is 0 Å². The fraction of sp³-hybridized carbons (Fsp3) is 0.333. The van der Waals surface area contributed by atoms with Crippen LogP contribution in [0, 0.1) is 0 Å². The Morgan fingerprint density at radius 3 is 1.36 bits per heavy atom. The first-order valence-corrected chi connectivity index (χ1v) is 3.69. The Labute approximate surface area is 61.0 Å². The van der Waals surface area contributed by atoms with Crippen molar-refractivity contribution in [3.8, 4) is 0 Å². The lowest BCUT2D eigenvalue weighted by Gasteiger charge is -2.01. The number of hydrogen-bond donors (Lipinski definition) is 3. The summed E-state index contributed by atoms with van der Waals surface area (Å²) < 4.78 is 28.0. The van der Waals surface area contributed by atoms with Gasteiger partial charge in [0.2, 0.25) is 0 Å². The molecular formula is C3H4O7S. The molecule has 0 fully saturated rings. The molecule has 0 amide bonds. The van der Waals surface area contributed by atoms with Gasteiger partial charge in [0.25, 0.3) is 15.4 Å². The molecule has 0 aliphatic rings. The molecule has 0 atom stereocenters. The van der Waals surface area contributed by atoms with Gasteiger partial charge in [-0.15, -0.1) is 0 Å². The van der Waals surface area contributed by atoms with Crippen molar-refractivity contribution in [3.63, 3.8) is 0 Å². The third kappa shape index (κ3) is 2.51. The molecule has 0 heterocycles. The maximum absolute atomic E-state index is 10.0. The van der Waals surface area contributed by atoms with E-state index in [1.165, 1.54) is 0 Å². The predicted octanol–water partition coefficient (Wildman–Crippen LogP) is -1.59. The van der Waals surface area contributed by atoms with Gasteiger partial charge < -0.3 is 10.2 Å². The van der Waals surface area contributed by atoms with Gasteiger partial charge in [0, 0.05) is 0 Å². The average molecular weight is 184 g/mol. The van der Waals surface area contributed by atoms with Gasteiger partial charge in [0.1, 0.15) is 0 Å². The van der Waals surface area contributed by atoms with E-state index >= 15 is 0 Å². The highest BCUT2D eigenvalue weighted by Crippen LogP contribution is 1.98. The second-order valence-corrected chi connectivity index (χ2v) is 3.07. The third-order valence-electron chi connectivity index (χ3n) is 0.746. The Bertz CT molecular complexity index is 260. The summed E-state index contributed by atoms with van der Waals surface area (Å²) in [6.45, 7) is 0. The van der Waals surface area contributed by atoms with Gasteiger partial charge in [0.15, 0.2) is 0 Å². The molecule has 0 aromatic rings. The van der Waals surface area contributed by atoms with E-state index in [4.69, 9.17) is 14.8 Å². The monoisotopic (exact) mass is 184 g/mol. The number of hydrogen-bond acceptors (Lipinski definition) is 4. The van der Waals surface area contributed by atoms with Gasteiger partial charge in [-0.1, -0.05) is 0 Å². The summed E-state index contributed by atoms with van der Waals surface area (Å²) in [6, 6.07) is 0. The summed E-state index contributed by atoms with van der Waals surface area (Å²) in [5, 5.41) is 13.1. The van der Waals surface area contributed by atoms with E-state index in [9.17, 15) is 18.0 Å². The zero-order valence-electron chi connectivity index (χ0n) is 4.96. The molecule has 7 nitrogen and oxygen atoms in total. The van der Waals surface area contributed by atoms with Crippen molar-refractivity contribution in [2.75, 3.05) is 0 Å². The minimum absolute atomic E-state index is 2.12. The number of aliphatic carboxylic acids is 2. The van der Waals surface area contributed by atoms with Crippen LogP contribution in [-0.2, 0) is 19.7 Å². The topological polar surface area (TPSA) is 129 Å². The molecule has 8 heteroatoms. The molecule has 0 aliphatic carbocycles. The van der Waals surface area contributed by atoms with Gasteiger partial charge in [-0.2, -0.15) is 8.42 Å². The van der Waals surface area contributed by atoms with E-state index in [2.05, 4.69) is 0 Å². The summed E-state index contributed by atoms with van der Waals surface area (Å²) in [6.07, 6.45) is 0. The average Bonchev–Trinajstić information content (AvgIpc) is 1.54. The molecule has 11 heavy (non-hydrogen) atoms. The standard InChI is InChI=1S/C3H4O7S/c4-2(5)1(3(6)7)11(8,9)10/h1H,(H,4,5)(H,6,7)(H,8,9,10). The van der Waals surface area contributed by atoms with Crippen LogP contribution in [0.15, 0.2) is 0 Å². The molecule has 0 radical (unpaired) electrons. The molecule has 0 rings (SSSR count). The maximum Gasteiger partial charge on any atom is 0.336 e. The summed E-state index contributed by atoms with van der Waals surface area (Å²) in [4.78, 5) is 19.7. The predicted molar refractivity (Wildman–Crippen MR) is 30.6 cm³/mol. The Kier molecular flexibility index (Phi) is 2.55. The molecule has 3 N–H and O–H groups in total. The smallest absolute Gasteiger partial charge is 0.336 e. The Morgan fingerprint density at radius 2 is 1.36 bits per heavy atom. The van der Waals surface area contributed by atoms with Crippen molar-refractivity contribution >= 4 is 22.1 Å². The SMILES string of the molecule is O=C(O)C(C(=O)O)S(=O)(=O)O. The van der Waals surface area contributed by atoms with E-state index in [1.807, 2.05) is 0 Å². The summed E-state index contributed by atoms with van der Waals surface area (Å²) in [5.41, 5.74) is 0. The van der Waals surface area contributed by atoms with Gasteiger partial charge in [-0.05, 0) is 0 Å². The molecule has 0 aromatic carbocycles. The van der Waals surface area contributed by atoms with Crippen molar-refractivity contribution in [2.45, 2.75) is 5.25 Å². The van der Waals surface area contributed by atoms with Crippen LogP contribution in [0.1, 0.15) is 0 Å². The van der Waals surface area contributed by atoms with Crippen LogP contribution in [0.4, 0.5) is 0 Å². The van der Waals surface area contributed by atoms with Crippen LogP contribution in [0.3, 0.4) is 0 Å². The lowest BCUT2D eigenvalue weighted by Crippen LogP contribution is -2.37. The van der Waals surface area contributed by atoms with Crippen LogP contribution >= 0.6 is 0 Å². The lowest BCUT2D eigenvalue weighted by molar-refractivity contribution is -0.146. The summed E-state index contributed by atoms with van der Waals surface area (Å²) in [7, 11) is -5.06. The Hall–Kier alpha value is -1.15. The molecule has 0 saturated carbocycles. The maximum atomic E-state index is 10.0. The highest BCUT2D eigenvalue weighted by atomic mass is 32.2. The van der Waals surface area contributed by atoms with Crippen molar-refractivity contribution in [1.29, 1.82) is 0 Å². The molecule has 0 bridgehead atoms. The zero-order valence-corrected chi connectivity index (χ0v) is 5.78. The number of rotatable bonds is 3. The summed E-state index contributed by atoms with van der Waals surface area (Å²) >= 11 is 0. The van der Waals surface area contributed by atoms with E-state index in [0.717, 1.165) is 0 Å². The van der Waals surface area contributed by atoms with E-state index in [-0.39, 0.29) is 0 Å². The van der Waals surface area contributed by atoms with Crippen molar-refractivity contribution in [3.05, 3.63) is 0 Å². The third-order valence-corrected chi connectivity index (χ3v) is 1.75. The first-order valence-electron chi connectivity index (χ1n) is 2.18. The molecule has 0 unspecified atom stereocenters. The van der Waals surface area contributed by atoms with Crippen LogP contribution in [0.2, 0.25) is 0 Å². The van der Waals surface area contributed by atoms with Crippen molar-refractivity contribution < 1.29 is 32.8 Å². The van der Waals surface area contributed by atoms with Gasteiger partial charge in [-0.25, -0.2) is 0 Å². The van der Waals surface area contributed by atoms with Crippen molar-refractivity contribution in [2.24, 2.45) is 0 Å². The van der Waals surface area contributed by atoms with Gasteiger partial charge in [-0.3, -0.25) is 14.1 Å². The van der Waals surface area contributed by atoms with Crippen LogP contribution in [-0.4, -0.2) is 40.4 Å². The Balaban J connectivity index is 4.94. The second-order valence-electron chi connectivity index (χ2n) is 1.57. The van der Waals surface area contributed by atoms with Gasteiger partial charge in [0.05, 0.1) is 0 Å².